The summed E-state index contributed by atoms with van der Waals surface area (Å²) in [5, 5.41) is 6.57. The molecule has 1 fully saturated rings. The van der Waals surface area contributed by atoms with Crippen LogP contribution >= 0.6 is 22.7 Å². The van der Waals surface area contributed by atoms with Gasteiger partial charge in [0.1, 0.15) is 16.1 Å². The highest BCUT2D eigenvalue weighted by atomic mass is 32.1. The number of ether oxygens (including phenoxy) is 1. The first-order chi connectivity index (χ1) is 10.4. The molecule has 2 aromatic rings. The van der Waals surface area contributed by atoms with Gasteiger partial charge in [0.15, 0.2) is 0 Å². The van der Waals surface area contributed by atoms with E-state index in [9.17, 15) is 0 Å². The lowest BCUT2D eigenvalue weighted by atomic mass is 9.93. The van der Waals surface area contributed by atoms with Crippen LogP contribution in [-0.2, 0) is 16.7 Å². The molecule has 0 unspecified atom stereocenters. The first-order valence-corrected chi connectivity index (χ1v) is 9.38. The molecule has 0 radical (unpaired) electrons. The number of aromatic nitrogens is 2. The standard InChI is InChI=1S/C16H23N3OS2/c1-11-9-21-14(17-11)8-19-5-6-20-12(7-19)15-18-13(10-22-15)16(2,3)4/h9-10,12H,5-8H2,1-4H3/t12-/m0/s1. The minimum Gasteiger partial charge on any atom is -0.368 e. The van der Waals surface area contributed by atoms with E-state index in [0.717, 1.165) is 42.6 Å². The Balaban J connectivity index is 1.66. The highest BCUT2D eigenvalue weighted by molar-refractivity contribution is 7.10. The fraction of sp³-hybridized carbons (Fsp3) is 0.625. The zero-order valence-electron chi connectivity index (χ0n) is 13.6. The predicted molar refractivity (Wildman–Crippen MR) is 91.6 cm³/mol. The van der Waals surface area contributed by atoms with E-state index in [1.54, 1.807) is 22.7 Å². The van der Waals surface area contributed by atoms with Crippen LogP contribution in [0.1, 0.15) is 48.3 Å². The van der Waals surface area contributed by atoms with Gasteiger partial charge in [0, 0.05) is 35.0 Å². The molecule has 1 saturated heterocycles. The topological polar surface area (TPSA) is 38.2 Å². The van der Waals surface area contributed by atoms with Crippen LogP contribution in [0.25, 0.3) is 0 Å². The fourth-order valence-corrected chi connectivity index (χ4v) is 4.34. The summed E-state index contributed by atoms with van der Waals surface area (Å²) in [6, 6.07) is 0. The summed E-state index contributed by atoms with van der Waals surface area (Å²) in [6.45, 7) is 12.2. The second kappa shape index (κ2) is 6.35. The van der Waals surface area contributed by atoms with E-state index in [-0.39, 0.29) is 11.5 Å². The smallest absolute Gasteiger partial charge is 0.123 e. The van der Waals surface area contributed by atoms with E-state index in [2.05, 4.69) is 41.4 Å². The summed E-state index contributed by atoms with van der Waals surface area (Å²) >= 11 is 3.46. The van der Waals surface area contributed by atoms with Crippen molar-refractivity contribution in [2.75, 3.05) is 19.7 Å². The van der Waals surface area contributed by atoms with Crippen molar-refractivity contribution in [3.8, 4) is 0 Å². The second-order valence-electron chi connectivity index (χ2n) is 6.80. The van der Waals surface area contributed by atoms with Crippen molar-refractivity contribution in [2.45, 2.75) is 45.8 Å². The molecule has 0 aromatic carbocycles. The molecule has 0 bridgehead atoms. The monoisotopic (exact) mass is 337 g/mol. The van der Waals surface area contributed by atoms with Crippen molar-refractivity contribution in [2.24, 2.45) is 0 Å². The van der Waals surface area contributed by atoms with Gasteiger partial charge in [0.25, 0.3) is 0 Å². The highest BCUT2D eigenvalue weighted by Crippen LogP contribution is 2.30. The lowest BCUT2D eigenvalue weighted by molar-refractivity contribution is -0.0331. The third kappa shape index (κ3) is 3.74. The number of nitrogens with zero attached hydrogens (tertiary/aromatic N) is 3. The van der Waals surface area contributed by atoms with E-state index in [4.69, 9.17) is 9.72 Å². The Morgan fingerprint density at radius 2 is 2.09 bits per heavy atom. The summed E-state index contributed by atoms with van der Waals surface area (Å²) < 4.78 is 5.95. The van der Waals surface area contributed by atoms with Gasteiger partial charge in [0.05, 0.1) is 18.8 Å². The van der Waals surface area contributed by atoms with Gasteiger partial charge >= 0.3 is 0 Å². The molecular weight excluding hydrogens is 314 g/mol. The van der Waals surface area contributed by atoms with Crippen LogP contribution in [0.4, 0.5) is 0 Å². The third-order valence-electron chi connectivity index (χ3n) is 3.74. The summed E-state index contributed by atoms with van der Waals surface area (Å²) in [6.07, 6.45) is 0.0934. The normalized spacial score (nSPS) is 20.5. The molecule has 0 saturated carbocycles. The Hall–Kier alpha value is -0.820. The Labute approximate surface area is 140 Å². The van der Waals surface area contributed by atoms with Crippen molar-refractivity contribution in [1.82, 2.24) is 14.9 Å². The lowest BCUT2D eigenvalue weighted by Gasteiger charge is -2.31. The summed E-state index contributed by atoms with van der Waals surface area (Å²) in [7, 11) is 0. The molecule has 22 heavy (non-hydrogen) atoms. The third-order valence-corrected chi connectivity index (χ3v) is 5.63. The van der Waals surface area contributed by atoms with Crippen LogP contribution in [0.5, 0.6) is 0 Å². The number of hydrogen-bond donors (Lipinski definition) is 0. The number of rotatable bonds is 3. The Morgan fingerprint density at radius 1 is 1.27 bits per heavy atom. The molecule has 1 aliphatic rings. The van der Waals surface area contributed by atoms with Gasteiger partial charge in [-0.3, -0.25) is 4.90 Å². The minimum atomic E-state index is 0.0934. The van der Waals surface area contributed by atoms with Gasteiger partial charge in [-0.05, 0) is 6.92 Å². The molecule has 0 amide bonds. The van der Waals surface area contributed by atoms with E-state index >= 15 is 0 Å². The van der Waals surface area contributed by atoms with Gasteiger partial charge in [-0.15, -0.1) is 22.7 Å². The number of thiazole rings is 2. The van der Waals surface area contributed by atoms with Crippen molar-refractivity contribution >= 4 is 22.7 Å². The second-order valence-corrected chi connectivity index (χ2v) is 8.63. The maximum Gasteiger partial charge on any atom is 0.123 e. The van der Waals surface area contributed by atoms with Gasteiger partial charge < -0.3 is 4.74 Å². The average molecular weight is 338 g/mol. The molecule has 0 aliphatic carbocycles. The van der Waals surface area contributed by atoms with Crippen molar-refractivity contribution in [3.05, 3.63) is 32.2 Å². The van der Waals surface area contributed by atoms with E-state index < -0.39 is 0 Å². The van der Waals surface area contributed by atoms with Crippen molar-refractivity contribution in [1.29, 1.82) is 0 Å². The fourth-order valence-electron chi connectivity index (χ4n) is 2.44. The van der Waals surface area contributed by atoms with Crippen LogP contribution in [0, 0.1) is 6.92 Å². The first-order valence-electron chi connectivity index (χ1n) is 7.62. The highest BCUT2D eigenvalue weighted by Gasteiger charge is 2.27. The molecule has 3 rings (SSSR count). The first kappa shape index (κ1) is 16.1. The largest absolute Gasteiger partial charge is 0.368 e. The molecule has 1 aliphatic heterocycles. The Bertz CT molecular complexity index is 629. The summed E-state index contributed by atoms with van der Waals surface area (Å²) in [4.78, 5) is 11.8. The Morgan fingerprint density at radius 3 is 2.73 bits per heavy atom. The molecule has 0 spiro atoms. The van der Waals surface area contributed by atoms with Gasteiger partial charge in [0.2, 0.25) is 0 Å². The summed E-state index contributed by atoms with van der Waals surface area (Å²) in [5.41, 5.74) is 2.37. The molecule has 4 nitrogen and oxygen atoms in total. The SMILES string of the molecule is Cc1csc(CN2CCO[C@H](c3nc(C(C)(C)C)cs3)C2)n1. The van der Waals surface area contributed by atoms with E-state index in [1.807, 2.05) is 6.92 Å². The molecule has 3 heterocycles. The molecular formula is C16H23N3OS2. The number of hydrogen-bond acceptors (Lipinski definition) is 6. The number of aryl methyl sites for hydroxylation is 1. The quantitative estimate of drug-likeness (QED) is 0.854. The van der Waals surface area contributed by atoms with Gasteiger partial charge in [-0.25, -0.2) is 9.97 Å². The maximum atomic E-state index is 5.95. The molecule has 2 aromatic heterocycles. The van der Waals surface area contributed by atoms with Crippen LogP contribution in [0.15, 0.2) is 10.8 Å². The summed E-state index contributed by atoms with van der Waals surface area (Å²) in [5.74, 6) is 0. The maximum absolute atomic E-state index is 5.95. The van der Waals surface area contributed by atoms with Crippen LogP contribution < -0.4 is 0 Å². The van der Waals surface area contributed by atoms with E-state index in [0.29, 0.717) is 0 Å². The molecule has 0 N–H and O–H groups in total. The lowest BCUT2D eigenvalue weighted by Crippen LogP contribution is -2.37. The zero-order chi connectivity index (χ0) is 15.7. The minimum absolute atomic E-state index is 0.0934. The van der Waals surface area contributed by atoms with Crippen molar-refractivity contribution < 1.29 is 4.74 Å². The predicted octanol–water partition coefficient (Wildman–Crippen LogP) is 3.78. The average Bonchev–Trinajstić information content (AvgIpc) is 3.08. The van der Waals surface area contributed by atoms with Crippen LogP contribution in [-0.4, -0.2) is 34.6 Å². The molecule has 6 heteroatoms. The van der Waals surface area contributed by atoms with Gasteiger partial charge in [-0.2, -0.15) is 0 Å². The number of morpholine rings is 1. The van der Waals surface area contributed by atoms with Gasteiger partial charge in [-0.1, -0.05) is 20.8 Å². The zero-order valence-corrected chi connectivity index (χ0v) is 15.3. The van der Waals surface area contributed by atoms with E-state index in [1.165, 1.54) is 5.01 Å². The molecule has 1 atom stereocenters. The van der Waals surface area contributed by atoms with Crippen LogP contribution in [0.3, 0.4) is 0 Å². The Kier molecular flexibility index (Phi) is 4.64. The van der Waals surface area contributed by atoms with Crippen LogP contribution in [0.2, 0.25) is 0 Å². The van der Waals surface area contributed by atoms with Crippen molar-refractivity contribution in [3.63, 3.8) is 0 Å². The molecule has 120 valence electrons.